The lowest BCUT2D eigenvalue weighted by molar-refractivity contribution is 0.637. The molecule has 0 N–H and O–H groups in total. The van der Waals surface area contributed by atoms with Crippen LogP contribution in [0.25, 0.3) is 0 Å². The fraction of sp³-hybridized carbons (Fsp3) is 0.368. The van der Waals surface area contributed by atoms with Crippen LogP contribution < -0.4 is 0 Å². The molecule has 0 aromatic heterocycles. The van der Waals surface area contributed by atoms with Crippen molar-refractivity contribution in [3.8, 4) is 0 Å². The van der Waals surface area contributed by atoms with E-state index in [-0.39, 0.29) is 0 Å². The Labute approximate surface area is 119 Å². The first kappa shape index (κ1) is 17.4. The molecule has 0 aromatic carbocycles. The molecule has 0 fully saturated rings. The van der Waals surface area contributed by atoms with Gasteiger partial charge in [-0.15, -0.1) is 0 Å². The van der Waals surface area contributed by atoms with E-state index in [4.69, 9.17) is 6.58 Å². The van der Waals surface area contributed by atoms with Crippen molar-refractivity contribution in [1.82, 2.24) is 0 Å². The summed E-state index contributed by atoms with van der Waals surface area (Å²) in [4.78, 5) is 0. The Kier molecular flexibility index (Phi) is 15.1. The standard InChI is InChI=1S/C19H27/c1-3-5-7-9-11-13-15-17-19-18-16-14-12-10-8-6-4-2/h1,3,5,7,9,11,13,15-19H,4,6,8,10,12,14H2,2H3. The summed E-state index contributed by atoms with van der Waals surface area (Å²) in [5.74, 6) is 0. The van der Waals surface area contributed by atoms with Gasteiger partial charge < -0.3 is 0 Å². The van der Waals surface area contributed by atoms with Crippen molar-refractivity contribution in [2.75, 3.05) is 0 Å². The molecule has 0 rings (SSSR count). The summed E-state index contributed by atoms with van der Waals surface area (Å²) < 4.78 is 0. The van der Waals surface area contributed by atoms with Gasteiger partial charge in [0, 0.05) is 0 Å². The summed E-state index contributed by atoms with van der Waals surface area (Å²) in [5, 5.41) is 0. The van der Waals surface area contributed by atoms with E-state index in [2.05, 4.69) is 25.2 Å². The SMILES string of the molecule is [CH]=CC=CC=CC=CC=CC=CCCCCCCC. The van der Waals surface area contributed by atoms with Crippen molar-refractivity contribution in [1.29, 1.82) is 0 Å². The van der Waals surface area contributed by atoms with Crippen LogP contribution in [-0.2, 0) is 0 Å². The number of allylic oxidation sites excluding steroid dienone is 11. The molecule has 0 aliphatic rings. The van der Waals surface area contributed by atoms with E-state index in [0.29, 0.717) is 0 Å². The minimum Gasteiger partial charge on any atom is -0.0845 e. The highest BCUT2D eigenvalue weighted by atomic mass is 13.9. The molecular formula is C19H27. The predicted molar refractivity (Wildman–Crippen MR) is 87.9 cm³/mol. The lowest BCUT2D eigenvalue weighted by Gasteiger charge is -1.95. The van der Waals surface area contributed by atoms with Gasteiger partial charge in [-0.25, -0.2) is 0 Å². The van der Waals surface area contributed by atoms with Gasteiger partial charge in [-0.3, -0.25) is 0 Å². The maximum absolute atomic E-state index is 5.20. The van der Waals surface area contributed by atoms with Gasteiger partial charge in [0.25, 0.3) is 0 Å². The molecule has 0 unspecified atom stereocenters. The zero-order chi connectivity index (χ0) is 14.0. The van der Waals surface area contributed by atoms with Gasteiger partial charge in [0.15, 0.2) is 0 Å². The van der Waals surface area contributed by atoms with Gasteiger partial charge in [-0.1, -0.05) is 106 Å². The highest BCUT2D eigenvalue weighted by Gasteiger charge is 1.85. The normalized spacial score (nSPS) is 12.9. The highest BCUT2D eigenvalue weighted by Crippen LogP contribution is 2.05. The van der Waals surface area contributed by atoms with E-state index in [1.807, 2.05) is 36.5 Å². The Hall–Kier alpha value is -1.56. The molecule has 0 saturated carbocycles. The van der Waals surface area contributed by atoms with Gasteiger partial charge in [-0.05, 0) is 12.8 Å². The molecule has 0 saturated heterocycles. The second-order valence-electron chi connectivity index (χ2n) is 4.36. The van der Waals surface area contributed by atoms with Gasteiger partial charge in [0.2, 0.25) is 0 Å². The van der Waals surface area contributed by atoms with Gasteiger partial charge in [0.1, 0.15) is 0 Å². The molecule has 1 radical (unpaired) electrons. The fourth-order valence-electron chi connectivity index (χ4n) is 1.55. The molecule has 0 nitrogen and oxygen atoms in total. The van der Waals surface area contributed by atoms with Crippen LogP contribution in [0, 0.1) is 6.58 Å². The van der Waals surface area contributed by atoms with E-state index in [0.717, 1.165) is 0 Å². The van der Waals surface area contributed by atoms with Crippen LogP contribution in [0.2, 0.25) is 0 Å². The molecule has 0 aromatic rings. The van der Waals surface area contributed by atoms with Crippen LogP contribution in [0.3, 0.4) is 0 Å². The monoisotopic (exact) mass is 255 g/mol. The third-order valence-electron chi connectivity index (χ3n) is 2.61. The molecule has 103 valence electrons. The first-order chi connectivity index (χ1) is 9.41. The zero-order valence-electron chi connectivity index (χ0n) is 12.2. The topological polar surface area (TPSA) is 0 Å². The molecule has 0 spiro atoms. The average Bonchev–Trinajstić information content (AvgIpc) is 2.43. The van der Waals surface area contributed by atoms with Crippen molar-refractivity contribution in [2.45, 2.75) is 45.4 Å². The molecule has 0 amide bonds. The minimum absolute atomic E-state index is 1.19. The third-order valence-corrected chi connectivity index (χ3v) is 2.61. The number of rotatable bonds is 11. The summed E-state index contributed by atoms with van der Waals surface area (Å²) >= 11 is 0. The summed E-state index contributed by atoms with van der Waals surface area (Å²) in [7, 11) is 0. The Morgan fingerprint density at radius 2 is 1.16 bits per heavy atom. The second kappa shape index (κ2) is 16.4. The summed E-state index contributed by atoms with van der Waals surface area (Å²) in [6, 6.07) is 0. The first-order valence-electron chi connectivity index (χ1n) is 7.28. The van der Waals surface area contributed by atoms with Crippen molar-refractivity contribution in [2.24, 2.45) is 0 Å². The Balaban J connectivity index is 3.51. The fourth-order valence-corrected chi connectivity index (χ4v) is 1.55. The van der Waals surface area contributed by atoms with Crippen LogP contribution in [0.15, 0.2) is 66.8 Å². The van der Waals surface area contributed by atoms with Crippen LogP contribution in [0.4, 0.5) is 0 Å². The smallest absolute Gasteiger partial charge is 0.0348 e. The molecule has 0 heteroatoms. The van der Waals surface area contributed by atoms with Gasteiger partial charge >= 0.3 is 0 Å². The van der Waals surface area contributed by atoms with Crippen molar-refractivity contribution >= 4 is 0 Å². The van der Waals surface area contributed by atoms with E-state index < -0.39 is 0 Å². The summed E-state index contributed by atoms with van der Waals surface area (Å²) in [5.41, 5.74) is 0. The van der Waals surface area contributed by atoms with Crippen LogP contribution in [0.5, 0.6) is 0 Å². The largest absolute Gasteiger partial charge is 0.0845 e. The second-order valence-corrected chi connectivity index (χ2v) is 4.36. The molecule has 0 aliphatic heterocycles. The molecule has 0 atom stereocenters. The maximum atomic E-state index is 5.20. The third kappa shape index (κ3) is 16.4. The predicted octanol–water partition coefficient (Wildman–Crippen LogP) is 6.12. The van der Waals surface area contributed by atoms with Crippen molar-refractivity contribution < 1.29 is 0 Å². The molecule has 0 aliphatic carbocycles. The summed E-state index contributed by atoms with van der Waals surface area (Å²) in [6.07, 6.45) is 29.5. The molecule has 0 heterocycles. The number of hydrogen-bond donors (Lipinski definition) is 0. The molecular weight excluding hydrogens is 228 g/mol. The van der Waals surface area contributed by atoms with Gasteiger partial charge in [0.05, 0.1) is 0 Å². The number of hydrogen-bond acceptors (Lipinski definition) is 0. The quantitative estimate of drug-likeness (QED) is 0.308. The number of unbranched alkanes of at least 4 members (excludes halogenated alkanes) is 5. The zero-order valence-corrected chi connectivity index (χ0v) is 12.2. The first-order valence-corrected chi connectivity index (χ1v) is 7.28. The van der Waals surface area contributed by atoms with E-state index in [1.54, 1.807) is 6.08 Å². The Morgan fingerprint density at radius 3 is 1.74 bits per heavy atom. The highest BCUT2D eigenvalue weighted by molar-refractivity contribution is 5.18. The van der Waals surface area contributed by atoms with Crippen molar-refractivity contribution in [3.05, 3.63) is 73.4 Å². The Bertz CT molecular complexity index is 324. The average molecular weight is 255 g/mol. The van der Waals surface area contributed by atoms with Crippen LogP contribution >= 0.6 is 0 Å². The van der Waals surface area contributed by atoms with E-state index >= 15 is 0 Å². The Morgan fingerprint density at radius 1 is 0.632 bits per heavy atom. The maximum Gasteiger partial charge on any atom is -0.0348 e. The van der Waals surface area contributed by atoms with E-state index in [1.165, 1.54) is 44.6 Å². The van der Waals surface area contributed by atoms with Crippen molar-refractivity contribution in [3.63, 3.8) is 0 Å². The molecule has 19 heavy (non-hydrogen) atoms. The summed E-state index contributed by atoms with van der Waals surface area (Å²) in [6.45, 7) is 7.45. The minimum atomic E-state index is 1.19. The van der Waals surface area contributed by atoms with Crippen LogP contribution in [0.1, 0.15) is 45.4 Å². The van der Waals surface area contributed by atoms with E-state index in [9.17, 15) is 0 Å². The lowest BCUT2D eigenvalue weighted by Crippen LogP contribution is -1.75. The molecule has 0 bridgehead atoms. The van der Waals surface area contributed by atoms with Crippen LogP contribution in [-0.4, -0.2) is 0 Å². The lowest BCUT2D eigenvalue weighted by atomic mass is 10.1. The van der Waals surface area contributed by atoms with Gasteiger partial charge in [-0.2, -0.15) is 0 Å².